The van der Waals surface area contributed by atoms with Crippen LogP contribution in [0.15, 0.2) is 36.7 Å². The quantitative estimate of drug-likeness (QED) is 0.231. The highest BCUT2D eigenvalue weighted by Crippen LogP contribution is 2.17. The molecule has 0 aliphatic heterocycles. The summed E-state index contributed by atoms with van der Waals surface area (Å²) in [5, 5.41) is 0. The molecule has 0 N–H and O–H groups in total. The van der Waals surface area contributed by atoms with E-state index in [9.17, 15) is 4.79 Å². The highest BCUT2D eigenvalue weighted by atomic mass is 16.5. The van der Waals surface area contributed by atoms with Crippen molar-refractivity contribution in [3.8, 4) is 11.4 Å². The summed E-state index contributed by atoms with van der Waals surface area (Å²) in [6.07, 6.45) is 18.5. The number of carbonyl (C=O) groups excluding carboxylic acids is 1. The van der Waals surface area contributed by atoms with Crippen LogP contribution in [0.1, 0.15) is 100 Å². The standard InChI is InChI=1S/C26H38N2O2/c1-3-5-7-9-10-11-12-14-22-20-27-25(28-21-22)23-15-17-24(18-16-23)26(29)30-19-13-8-6-4-2/h15-18,20-21H,3-14,19H2,1-2H3. The van der Waals surface area contributed by atoms with Gasteiger partial charge in [-0.25, -0.2) is 14.8 Å². The van der Waals surface area contributed by atoms with Crippen LogP contribution >= 0.6 is 0 Å². The molecule has 0 spiro atoms. The van der Waals surface area contributed by atoms with Gasteiger partial charge in [-0.1, -0.05) is 83.8 Å². The van der Waals surface area contributed by atoms with Gasteiger partial charge in [-0.2, -0.15) is 0 Å². The van der Waals surface area contributed by atoms with E-state index in [1.165, 1.54) is 63.4 Å². The first kappa shape index (κ1) is 24.0. The Kier molecular flexibility index (Phi) is 11.8. The molecule has 0 radical (unpaired) electrons. The molecule has 0 aliphatic rings. The van der Waals surface area contributed by atoms with E-state index in [0.717, 1.165) is 24.8 Å². The minimum absolute atomic E-state index is 0.260. The molecule has 0 unspecified atom stereocenters. The first-order chi connectivity index (χ1) is 14.7. The Morgan fingerprint density at radius 3 is 1.97 bits per heavy atom. The van der Waals surface area contributed by atoms with Crippen LogP contribution in [0.4, 0.5) is 0 Å². The van der Waals surface area contributed by atoms with Crippen molar-refractivity contribution in [2.45, 2.75) is 90.9 Å². The van der Waals surface area contributed by atoms with Crippen LogP contribution in [0.2, 0.25) is 0 Å². The number of unbranched alkanes of at least 4 members (excludes halogenated alkanes) is 9. The lowest BCUT2D eigenvalue weighted by molar-refractivity contribution is 0.0498. The van der Waals surface area contributed by atoms with E-state index in [2.05, 4.69) is 23.8 Å². The Morgan fingerprint density at radius 1 is 0.767 bits per heavy atom. The lowest BCUT2D eigenvalue weighted by Crippen LogP contribution is -2.06. The van der Waals surface area contributed by atoms with Gasteiger partial charge in [0.1, 0.15) is 0 Å². The first-order valence-electron chi connectivity index (χ1n) is 11.8. The second-order valence-corrected chi connectivity index (χ2v) is 8.06. The van der Waals surface area contributed by atoms with Crippen molar-refractivity contribution in [2.75, 3.05) is 6.61 Å². The molecule has 0 amide bonds. The van der Waals surface area contributed by atoms with Gasteiger partial charge in [0.25, 0.3) is 0 Å². The molecule has 0 bridgehead atoms. The van der Waals surface area contributed by atoms with Crippen molar-refractivity contribution in [3.05, 3.63) is 47.8 Å². The van der Waals surface area contributed by atoms with Gasteiger partial charge >= 0.3 is 5.97 Å². The van der Waals surface area contributed by atoms with E-state index in [0.29, 0.717) is 18.0 Å². The predicted molar refractivity (Wildman–Crippen MR) is 124 cm³/mol. The van der Waals surface area contributed by atoms with Gasteiger partial charge in [0, 0.05) is 18.0 Å². The number of aryl methyl sites for hydroxylation is 1. The first-order valence-corrected chi connectivity index (χ1v) is 11.8. The summed E-state index contributed by atoms with van der Waals surface area (Å²) in [6.45, 7) is 4.91. The number of nitrogens with zero attached hydrogens (tertiary/aromatic N) is 2. The van der Waals surface area contributed by atoms with E-state index in [1.54, 1.807) is 12.1 Å². The molecule has 164 valence electrons. The monoisotopic (exact) mass is 410 g/mol. The third-order valence-corrected chi connectivity index (χ3v) is 5.38. The fourth-order valence-corrected chi connectivity index (χ4v) is 3.45. The average Bonchev–Trinajstić information content (AvgIpc) is 2.79. The fraction of sp³-hybridized carbons (Fsp3) is 0.577. The number of carbonyl (C=O) groups is 1. The Labute approximate surface area is 182 Å². The van der Waals surface area contributed by atoms with Crippen molar-refractivity contribution in [1.29, 1.82) is 0 Å². The molecule has 1 heterocycles. The zero-order valence-electron chi connectivity index (χ0n) is 18.9. The highest BCUT2D eigenvalue weighted by molar-refractivity contribution is 5.89. The maximum absolute atomic E-state index is 12.1. The smallest absolute Gasteiger partial charge is 0.338 e. The molecule has 0 aliphatic carbocycles. The summed E-state index contributed by atoms with van der Waals surface area (Å²) in [7, 11) is 0. The third-order valence-electron chi connectivity index (χ3n) is 5.38. The van der Waals surface area contributed by atoms with Gasteiger partial charge in [-0.05, 0) is 37.0 Å². The van der Waals surface area contributed by atoms with Crippen molar-refractivity contribution in [3.63, 3.8) is 0 Å². The molecule has 2 aromatic rings. The van der Waals surface area contributed by atoms with Crippen LogP contribution in [-0.4, -0.2) is 22.5 Å². The molecule has 0 saturated heterocycles. The second-order valence-electron chi connectivity index (χ2n) is 8.06. The van der Waals surface area contributed by atoms with E-state index in [-0.39, 0.29) is 5.97 Å². The lowest BCUT2D eigenvalue weighted by atomic mass is 10.1. The number of esters is 1. The second kappa shape index (κ2) is 14.7. The molecule has 1 aromatic heterocycles. The van der Waals surface area contributed by atoms with Gasteiger partial charge in [0.05, 0.1) is 12.2 Å². The van der Waals surface area contributed by atoms with Gasteiger partial charge in [0.2, 0.25) is 0 Å². The summed E-state index contributed by atoms with van der Waals surface area (Å²) >= 11 is 0. The summed E-state index contributed by atoms with van der Waals surface area (Å²) in [5.41, 5.74) is 2.68. The van der Waals surface area contributed by atoms with Crippen LogP contribution < -0.4 is 0 Å². The van der Waals surface area contributed by atoms with Crippen LogP contribution in [0.5, 0.6) is 0 Å². The predicted octanol–water partition coefficient (Wildman–Crippen LogP) is 7.17. The SMILES string of the molecule is CCCCCCCCCc1cnc(-c2ccc(C(=O)OCCCCCC)cc2)nc1. The van der Waals surface area contributed by atoms with Gasteiger partial charge in [-0.3, -0.25) is 0 Å². The Balaban J connectivity index is 1.74. The van der Waals surface area contributed by atoms with Gasteiger partial charge < -0.3 is 4.74 Å². The number of hydrogen-bond acceptors (Lipinski definition) is 4. The number of ether oxygens (including phenoxy) is 1. The topological polar surface area (TPSA) is 52.1 Å². The van der Waals surface area contributed by atoms with Crippen molar-refractivity contribution in [2.24, 2.45) is 0 Å². The van der Waals surface area contributed by atoms with Crippen LogP contribution in [0.25, 0.3) is 11.4 Å². The Bertz CT molecular complexity index is 711. The van der Waals surface area contributed by atoms with Crippen molar-refractivity contribution >= 4 is 5.97 Å². The van der Waals surface area contributed by atoms with E-state index in [1.807, 2.05) is 24.5 Å². The third kappa shape index (κ3) is 9.06. The summed E-state index contributed by atoms with van der Waals surface area (Å²) in [6, 6.07) is 7.36. The average molecular weight is 411 g/mol. The zero-order valence-corrected chi connectivity index (χ0v) is 18.9. The van der Waals surface area contributed by atoms with Crippen LogP contribution in [-0.2, 0) is 11.2 Å². The fourth-order valence-electron chi connectivity index (χ4n) is 3.45. The van der Waals surface area contributed by atoms with E-state index in [4.69, 9.17) is 4.74 Å². The number of rotatable bonds is 15. The number of aromatic nitrogens is 2. The molecule has 4 heteroatoms. The molecular weight excluding hydrogens is 372 g/mol. The number of hydrogen-bond donors (Lipinski definition) is 0. The maximum Gasteiger partial charge on any atom is 0.338 e. The highest BCUT2D eigenvalue weighted by Gasteiger charge is 2.08. The summed E-state index contributed by atoms with van der Waals surface area (Å²) in [5.74, 6) is 0.432. The zero-order chi connectivity index (χ0) is 21.4. The minimum Gasteiger partial charge on any atom is -0.462 e. The lowest BCUT2D eigenvalue weighted by Gasteiger charge is -2.06. The normalized spacial score (nSPS) is 10.9. The molecule has 30 heavy (non-hydrogen) atoms. The minimum atomic E-state index is -0.260. The maximum atomic E-state index is 12.1. The Morgan fingerprint density at radius 2 is 1.33 bits per heavy atom. The summed E-state index contributed by atoms with van der Waals surface area (Å²) < 4.78 is 5.34. The van der Waals surface area contributed by atoms with Gasteiger partial charge in [-0.15, -0.1) is 0 Å². The Hall–Kier alpha value is -2.23. The van der Waals surface area contributed by atoms with Crippen LogP contribution in [0, 0.1) is 0 Å². The summed E-state index contributed by atoms with van der Waals surface area (Å²) in [4.78, 5) is 21.1. The van der Waals surface area contributed by atoms with E-state index < -0.39 is 0 Å². The van der Waals surface area contributed by atoms with Crippen LogP contribution in [0.3, 0.4) is 0 Å². The van der Waals surface area contributed by atoms with Crippen molar-refractivity contribution in [1.82, 2.24) is 9.97 Å². The largest absolute Gasteiger partial charge is 0.462 e. The molecule has 0 saturated carbocycles. The van der Waals surface area contributed by atoms with Crippen molar-refractivity contribution < 1.29 is 9.53 Å². The molecule has 2 rings (SSSR count). The molecule has 1 aromatic carbocycles. The molecule has 0 fully saturated rings. The molecule has 0 atom stereocenters. The van der Waals surface area contributed by atoms with Gasteiger partial charge in [0.15, 0.2) is 5.82 Å². The molecule has 4 nitrogen and oxygen atoms in total. The number of benzene rings is 1. The van der Waals surface area contributed by atoms with E-state index >= 15 is 0 Å². The molecular formula is C26H38N2O2.